The summed E-state index contributed by atoms with van der Waals surface area (Å²) in [7, 11) is -3.13. The van der Waals surface area contributed by atoms with E-state index in [4.69, 9.17) is 0 Å². The Bertz CT molecular complexity index is 347. The molecule has 0 aliphatic heterocycles. The molecule has 18 heavy (non-hydrogen) atoms. The Balaban J connectivity index is 3.49. The molecule has 3 N–H and O–H groups in total. The van der Waals surface area contributed by atoms with Crippen LogP contribution in [0.1, 0.15) is 33.6 Å². The zero-order valence-electron chi connectivity index (χ0n) is 11.7. The molecule has 0 rings (SSSR count). The minimum absolute atomic E-state index is 0.0136. The van der Waals surface area contributed by atoms with Gasteiger partial charge in [-0.05, 0) is 27.2 Å². The molecule has 0 atom stereocenters. The lowest BCUT2D eigenvalue weighted by Crippen LogP contribution is -2.38. The number of rotatable bonds is 8. The fourth-order valence-electron chi connectivity index (χ4n) is 1.21. The van der Waals surface area contributed by atoms with Crippen LogP contribution in [0.25, 0.3) is 0 Å². The molecule has 0 aromatic carbocycles. The molecule has 0 spiro atoms. The highest BCUT2D eigenvalue weighted by Gasteiger charge is 2.09. The van der Waals surface area contributed by atoms with Crippen molar-refractivity contribution in [3.05, 3.63) is 0 Å². The first-order chi connectivity index (χ1) is 8.10. The van der Waals surface area contributed by atoms with Gasteiger partial charge >= 0.3 is 0 Å². The number of amides is 1. The van der Waals surface area contributed by atoms with Gasteiger partial charge in [0.15, 0.2) is 0 Å². The van der Waals surface area contributed by atoms with E-state index in [-0.39, 0.29) is 11.4 Å². The average Bonchev–Trinajstić information content (AvgIpc) is 2.13. The van der Waals surface area contributed by atoms with E-state index in [9.17, 15) is 13.2 Å². The van der Waals surface area contributed by atoms with Crippen LogP contribution >= 0.6 is 0 Å². The van der Waals surface area contributed by atoms with Crippen molar-refractivity contribution < 1.29 is 13.2 Å². The molecule has 0 aromatic heterocycles. The van der Waals surface area contributed by atoms with Crippen molar-refractivity contribution in [2.75, 3.05) is 25.9 Å². The summed E-state index contributed by atoms with van der Waals surface area (Å²) in [6.07, 6.45) is 2.13. The summed E-state index contributed by atoms with van der Waals surface area (Å²) in [6, 6.07) is 0. The van der Waals surface area contributed by atoms with Gasteiger partial charge in [-0.1, -0.05) is 0 Å². The van der Waals surface area contributed by atoms with Crippen molar-refractivity contribution >= 4 is 15.9 Å². The summed E-state index contributed by atoms with van der Waals surface area (Å²) in [5, 5.41) is 5.96. The van der Waals surface area contributed by atoms with Gasteiger partial charge in [0.2, 0.25) is 15.9 Å². The molecule has 0 fully saturated rings. The number of nitrogens with one attached hydrogen (secondary N) is 3. The second kappa shape index (κ2) is 7.70. The summed E-state index contributed by atoms with van der Waals surface area (Å²) < 4.78 is 23.9. The van der Waals surface area contributed by atoms with Gasteiger partial charge in [-0.15, -0.1) is 0 Å². The van der Waals surface area contributed by atoms with Crippen LogP contribution in [0.3, 0.4) is 0 Å². The van der Waals surface area contributed by atoms with Gasteiger partial charge in [0, 0.05) is 31.6 Å². The summed E-state index contributed by atoms with van der Waals surface area (Å²) in [4.78, 5) is 11.4. The van der Waals surface area contributed by atoms with Crippen molar-refractivity contribution in [1.29, 1.82) is 0 Å². The maximum Gasteiger partial charge on any atom is 0.221 e. The van der Waals surface area contributed by atoms with Gasteiger partial charge in [-0.25, -0.2) is 13.1 Å². The second-order valence-electron chi connectivity index (χ2n) is 5.30. The summed E-state index contributed by atoms with van der Waals surface area (Å²) in [6.45, 7) is 7.60. The third-order valence-corrected chi connectivity index (χ3v) is 2.78. The third kappa shape index (κ3) is 13.4. The Labute approximate surface area is 110 Å². The van der Waals surface area contributed by atoms with Crippen LogP contribution in [0.2, 0.25) is 0 Å². The predicted molar refractivity (Wildman–Crippen MR) is 72.8 cm³/mol. The Hall–Kier alpha value is -0.660. The number of sulfonamides is 1. The Morgan fingerprint density at radius 2 is 1.72 bits per heavy atom. The van der Waals surface area contributed by atoms with E-state index in [1.54, 1.807) is 0 Å². The minimum atomic E-state index is -3.13. The number of hydrogen-bond acceptors (Lipinski definition) is 4. The Kier molecular flexibility index (Phi) is 7.42. The molecule has 1 amide bonds. The maximum absolute atomic E-state index is 11.4. The highest BCUT2D eigenvalue weighted by Crippen LogP contribution is 1.97. The van der Waals surface area contributed by atoms with E-state index in [0.717, 1.165) is 6.26 Å². The van der Waals surface area contributed by atoms with Gasteiger partial charge in [-0.3, -0.25) is 4.79 Å². The molecule has 0 aliphatic rings. The second-order valence-corrected chi connectivity index (χ2v) is 7.13. The molecule has 0 aliphatic carbocycles. The fourth-order valence-corrected chi connectivity index (χ4v) is 1.73. The molecule has 6 nitrogen and oxygen atoms in total. The van der Waals surface area contributed by atoms with Crippen molar-refractivity contribution in [3.63, 3.8) is 0 Å². The number of carbonyl (C=O) groups is 1. The van der Waals surface area contributed by atoms with E-state index in [2.05, 4.69) is 15.4 Å². The lowest BCUT2D eigenvalue weighted by molar-refractivity contribution is -0.121. The first-order valence-electron chi connectivity index (χ1n) is 6.06. The SMILES string of the molecule is CC(C)(C)NCCC(=O)NCCCNS(C)(=O)=O. The number of hydrogen-bond donors (Lipinski definition) is 3. The van der Waals surface area contributed by atoms with E-state index >= 15 is 0 Å². The standard InChI is InChI=1S/C11H25N3O3S/c1-11(2,3)13-9-6-10(15)12-7-5-8-14-18(4,16)17/h13-14H,5-9H2,1-4H3,(H,12,15). The topological polar surface area (TPSA) is 87.3 Å². The largest absolute Gasteiger partial charge is 0.356 e. The van der Waals surface area contributed by atoms with Gasteiger partial charge in [0.1, 0.15) is 0 Å². The summed E-state index contributed by atoms with van der Waals surface area (Å²) in [5.74, 6) is -0.0221. The van der Waals surface area contributed by atoms with E-state index in [0.29, 0.717) is 32.5 Å². The van der Waals surface area contributed by atoms with Crippen LogP contribution in [-0.2, 0) is 14.8 Å². The van der Waals surface area contributed by atoms with Gasteiger partial charge in [-0.2, -0.15) is 0 Å². The lowest BCUT2D eigenvalue weighted by Gasteiger charge is -2.20. The quantitative estimate of drug-likeness (QED) is 0.538. The van der Waals surface area contributed by atoms with Crippen molar-refractivity contribution in [2.45, 2.75) is 39.2 Å². The first kappa shape index (κ1) is 17.3. The molecular weight excluding hydrogens is 254 g/mol. The molecule has 0 unspecified atom stereocenters. The Morgan fingerprint density at radius 3 is 2.22 bits per heavy atom. The monoisotopic (exact) mass is 279 g/mol. The van der Waals surface area contributed by atoms with Crippen molar-refractivity contribution in [1.82, 2.24) is 15.4 Å². The summed E-state index contributed by atoms with van der Waals surface area (Å²) in [5.41, 5.74) is 0.0136. The molecule has 7 heteroatoms. The van der Waals surface area contributed by atoms with Crippen LogP contribution in [-0.4, -0.2) is 45.8 Å². The van der Waals surface area contributed by atoms with E-state index in [1.165, 1.54) is 0 Å². The highest BCUT2D eigenvalue weighted by atomic mass is 32.2. The lowest BCUT2D eigenvalue weighted by atomic mass is 10.1. The van der Waals surface area contributed by atoms with Gasteiger partial charge < -0.3 is 10.6 Å². The molecule has 0 saturated heterocycles. The van der Waals surface area contributed by atoms with Crippen LogP contribution in [0.15, 0.2) is 0 Å². The smallest absolute Gasteiger partial charge is 0.221 e. The molecule has 0 aromatic rings. The fraction of sp³-hybridized carbons (Fsp3) is 0.909. The first-order valence-corrected chi connectivity index (χ1v) is 7.96. The normalized spacial score (nSPS) is 12.4. The third-order valence-electron chi connectivity index (χ3n) is 2.05. The minimum Gasteiger partial charge on any atom is -0.356 e. The Morgan fingerprint density at radius 1 is 1.11 bits per heavy atom. The van der Waals surface area contributed by atoms with Crippen LogP contribution in [0.5, 0.6) is 0 Å². The molecule has 0 saturated carbocycles. The van der Waals surface area contributed by atoms with E-state index in [1.807, 2.05) is 20.8 Å². The number of carbonyl (C=O) groups excluding carboxylic acids is 1. The van der Waals surface area contributed by atoms with Crippen molar-refractivity contribution in [2.24, 2.45) is 0 Å². The molecule has 0 heterocycles. The van der Waals surface area contributed by atoms with Gasteiger partial charge in [0.05, 0.1) is 6.26 Å². The predicted octanol–water partition coefficient (Wildman–Crippen LogP) is -0.180. The zero-order valence-corrected chi connectivity index (χ0v) is 12.5. The maximum atomic E-state index is 11.4. The molecule has 0 bridgehead atoms. The molecule has 108 valence electrons. The van der Waals surface area contributed by atoms with Crippen LogP contribution < -0.4 is 15.4 Å². The highest BCUT2D eigenvalue weighted by molar-refractivity contribution is 7.88. The zero-order chi connectivity index (χ0) is 14.2. The summed E-state index contributed by atoms with van der Waals surface area (Å²) >= 11 is 0. The van der Waals surface area contributed by atoms with Crippen molar-refractivity contribution in [3.8, 4) is 0 Å². The molecule has 0 radical (unpaired) electrons. The van der Waals surface area contributed by atoms with Crippen LogP contribution in [0.4, 0.5) is 0 Å². The van der Waals surface area contributed by atoms with Crippen LogP contribution in [0, 0.1) is 0 Å². The average molecular weight is 279 g/mol. The molecular formula is C11H25N3O3S. The van der Waals surface area contributed by atoms with E-state index < -0.39 is 10.0 Å². The van der Waals surface area contributed by atoms with Gasteiger partial charge in [0.25, 0.3) is 0 Å².